The van der Waals surface area contributed by atoms with E-state index in [-0.39, 0.29) is 17.9 Å². The summed E-state index contributed by atoms with van der Waals surface area (Å²) in [6.07, 6.45) is 3.97. The van der Waals surface area contributed by atoms with Crippen molar-refractivity contribution in [3.8, 4) is 17.6 Å². The number of fused-ring (bicyclic) bond motifs is 1. The molecule has 8 nitrogen and oxygen atoms in total. The summed E-state index contributed by atoms with van der Waals surface area (Å²) in [4.78, 5) is 17.0. The molecule has 40 heavy (non-hydrogen) atoms. The van der Waals surface area contributed by atoms with Crippen LogP contribution in [0.15, 0.2) is 54.7 Å². The van der Waals surface area contributed by atoms with Crippen molar-refractivity contribution < 1.29 is 14.3 Å². The van der Waals surface area contributed by atoms with E-state index in [0.29, 0.717) is 54.3 Å². The Labute approximate surface area is 241 Å². The fourth-order valence-electron chi connectivity index (χ4n) is 4.64. The van der Waals surface area contributed by atoms with Crippen LogP contribution in [0.2, 0.25) is 5.02 Å². The van der Waals surface area contributed by atoms with Crippen molar-refractivity contribution >= 4 is 34.6 Å². The molecule has 210 valence electrons. The molecule has 0 aliphatic carbocycles. The van der Waals surface area contributed by atoms with Crippen LogP contribution in [-0.4, -0.2) is 24.0 Å². The summed E-state index contributed by atoms with van der Waals surface area (Å²) in [5.74, 6) is 1.27. The molecule has 2 atom stereocenters. The van der Waals surface area contributed by atoms with E-state index < -0.39 is 0 Å². The maximum Gasteiger partial charge on any atom is 0.224 e. The maximum atomic E-state index is 12.7. The Balaban J connectivity index is 1.55. The number of carbonyl (C=O) groups excluding carboxylic acids is 1. The fourth-order valence-corrected chi connectivity index (χ4v) is 4.87. The number of halogens is 1. The van der Waals surface area contributed by atoms with E-state index in [0.717, 1.165) is 35.5 Å². The fraction of sp³-hybridized carbons (Fsp3) is 0.387. The third-order valence-electron chi connectivity index (χ3n) is 6.68. The average Bonchev–Trinajstić information content (AvgIpc) is 2.94. The van der Waals surface area contributed by atoms with Gasteiger partial charge in [-0.15, -0.1) is 0 Å². The number of benzene rings is 2. The van der Waals surface area contributed by atoms with Gasteiger partial charge in [0.05, 0.1) is 41.0 Å². The standard InChI is InChI=1S/C31H36ClN5O3/c1-4-39-29-16-26-24(15-27(29)37-30(38)10-7-8-20(2)3)31(21(17-33)18-35-26)36-22-11-12-28(25(32)14-22)40-19-23-9-5-6-13-34-23/h5-6,9,11-16,20-21,31,35-36H,4,7-8,10,18-19H2,1-3H3,(H,37,38). The first-order valence-corrected chi connectivity index (χ1v) is 14.1. The Morgan fingerprint density at radius 1 is 1.20 bits per heavy atom. The van der Waals surface area contributed by atoms with Gasteiger partial charge in [-0.25, -0.2) is 0 Å². The van der Waals surface area contributed by atoms with Gasteiger partial charge in [0, 0.05) is 42.2 Å². The van der Waals surface area contributed by atoms with Gasteiger partial charge < -0.3 is 25.4 Å². The zero-order valence-electron chi connectivity index (χ0n) is 23.2. The van der Waals surface area contributed by atoms with Crippen molar-refractivity contribution in [3.05, 3.63) is 71.0 Å². The lowest BCUT2D eigenvalue weighted by Gasteiger charge is -2.33. The van der Waals surface area contributed by atoms with Crippen molar-refractivity contribution in [3.63, 3.8) is 0 Å². The zero-order chi connectivity index (χ0) is 28.5. The van der Waals surface area contributed by atoms with Crippen LogP contribution in [0.4, 0.5) is 17.1 Å². The number of amides is 1. The predicted octanol–water partition coefficient (Wildman–Crippen LogP) is 7.20. The number of ether oxygens (including phenoxy) is 2. The molecule has 2 unspecified atom stereocenters. The molecule has 1 aliphatic rings. The molecule has 9 heteroatoms. The van der Waals surface area contributed by atoms with Crippen molar-refractivity contribution in [2.45, 2.75) is 52.7 Å². The number of hydrogen-bond donors (Lipinski definition) is 3. The van der Waals surface area contributed by atoms with Gasteiger partial charge in [0.25, 0.3) is 0 Å². The summed E-state index contributed by atoms with van der Waals surface area (Å²) < 4.78 is 11.7. The summed E-state index contributed by atoms with van der Waals surface area (Å²) >= 11 is 6.56. The number of aromatic nitrogens is 1. The first-order chi connectivity index (χ1) is 19.4. The Kier molecular flexibility index (Phi) is 10.1. The molecular weight excluding hydrogens is 526 g/mol. The number of hydrogen-bond acceptors (Lipinski definition) is 7. The average molecular weight is 562 g/mol. The molecule has 2 aromatic carbocycles. The van der Waals surface area contributed by atoms with Crippen LogP contribution in [0.3, 0.4) is 0 Å². The number of carbonyl (C=O) groups is 1. The summed E-state index contributed by atoms with van der Waals surface area (Å²) in [6, 6.07) is 17.0. The van der Waals surface area contributed by atoms with E-state index in [1.54, 1.807) is 18.3 Å². The quantitative estimate of drug-likeness (QED) is 0.214. The van der Waals surface area contributed by atoms with Crippen LogP contribution >= 0.6 is 11.6 Å². The van der Waals surface area contributed by atoms with Crippen molar-refractivity contribution in [2.24, 2.45) is 11.8 Å². The van der Waals surface area contributed by atoms with E-state index in [1.807, 2.05) is 43.3 Å². The minimum absolute atomic E-state index is 0.0558. The molecule has 0 saturated heterocycles. The Morgan fingerprint density at radius 2 is 2.05 bits per heavy atom. The Bertz CT molecular complexity index is 1340. The summed E-state index contributed by atoms with van der Waals surface area (Å²) in [6.45, 7) is 7.44. The number of nitriles is 1. The third kappa shape index (κ3) is 7.57. The topological polar surface area (TPSA) is 108 Å². The van der Waals surface area contributed by atoms with E-state index in [1.165, 1.54) is 0 Å². The maximum absolute atomic E-state index is 12.7. The highest BCUT2D eigenvalue weighted by atomic mass is 35.5. The van der Waals surface area contributed by atoms with E-state index in [9.17, 15) is 10.1 Å². The second kappa shape index (κ2) is 13.9. The molecule has 1 aromatic heterocycles. The Morgan fingerprint density at radius 3 is 2.75 bits per heavy atom. The zero-order valence-corrected chi connectivity index (χ0v) is 23.9. The highest BCUT2D eigenvalue weighted by molar-refractivity contribution is 6.32. The molecule has 2 heterocycles. The first-order valence-electron chi connectivity index (χ1n) is 13.7. The van der Waals surface area contributed by atoms with Crippen molar-refractivity contribution in [1.29, 1.82) is 5.26 Å². The predicted molar refractivity (Wildman–Crippen MR) is 159 cm³/mol. The molecule has 0 radical (unpaired) electrons. The highest BCUT2D eigenvalue weighted by Crippen LogP contribution is 2.42. The molecule has 1 amide bonds. The lowest BCUT2D eigenvalue weighted by atomic mass is 9.88. The van der Waals surface area contributed by atoms with Gasteiger partial charge in [0.1, 0.15) is 18.1 Å². The smallest absolute Gasteiger partial charge is 0.224 e. The number of nitrogens with one attached hydrogen (secondary N) is 3. The first kappa shape index (κ1) is 29.0. The van der Waals surface area contributed by atoms with Crippen LogP contribution in [0.1, 0.15) is 57.3 Å². The van der Waals surface area contributed by atoms with Gasteiger partial charge in [0.15, 0.2) is 0 Å². The molecule has 0 fully saturated rings. The van der Waals surface area contributed by atoms with Gasteiger partial charge in [-0.3, -0.25) is 9.78 Å². The van der Waals surface area contributed by atoms with E-state index >= 15 is 0 Å². The van der Waals surface area contributed by atoms with Crippen LogP contribution in [0.5, 0.6) is 11.5 Å². The van der Waals surface area contributed by atoms with Gasteiger partial charge in [-0.2, -0.15) is 5.26 Å². The van der Waals surface area contributed by atoms with Gasteiger partial charge >= 0.3 is 0 Å². The number of nitrogens with zero attached hydrogens (tertiary/aromatic N) is 2. The van der Waals surface area contributed by atoms with Gasteiger partial charge in [0.2, 0.25) is 5.91 Å². The second-order valence-electron chi connectivity index (χ2n) is 10.2. The Hall–Kier alpha value is -3.96. The lowest BCUT2D eigenvalue weighted by molar-refractivity contribution is -0.116. The minimum Gasteiger partial charge on any atom is -0.492 e. The SMILES string of the molecule is CCOc1cc2c(cc1NC(=O)CCCC(C)C)C(Nc1ccc(OCc3ccccn3)c(Cl)c1)C(C#N)CN2. The summed E-state index contributed by atoms with van der Waals surface area (Å²) in [5.41, 5.74) is 3.87. The molecule has 4 rings (SSSR count). The minimum atomic E-state index is -0.362. The van der Waals surface area contributed by atoms with Crippen LogP contribution in [-0.2, 0) is 11.4 Å². The van der Waals surface area contributed by atoms with Crippen molar-refractivity contribution in [1.82, 2.24) is 4.98 Å². The highest BCUT2D eigenvalue weighted by Gasteiger charge is 2.31. The van der Waals surface area contributed by atoms with E-state index in [2.05, 4.69) is 40.9 Å². The molecular formula is C31H36ClN5O3. The molecule has 3 aromatic rings. The number of pyridine rings is 1. The second-order valence-corrected chi connectivity index (χ2v) is 10.6. The third-order valence-corrected chi connectivity index (χ3v) is 6.98. The monoisotopic (exact) mass is 561 g/mol. The normalized spacial score (nSPS) is 15.9. The summed E-state index contributed by atoms with van der Waals surface area (Å²) in [7, 11) is 0. The van der Waals surface area contributed by atoms with Crippen LogP contribution in [0.25, 0.3) is 0 Å². The van der Waals surface area contributed by atoms with Gasteiger partial charge in [-0.05, 0) is 55.7 Å². The van der Waals surface area contributed by atoms with Gasteiger partial charge in [-0.1, -0.05) is 37.9 Å². The van der Waals surface area contributed by atoms with Crippen LogP contribution in [0, 0.1) is 23.2 Å². The molecule has 1 aliphatic heterocycles. The molecule has 0 spiro atoms. The summed E-state index contributed by atoms with van der Waals surface area (Å²) in [5, 5.41) is 20.3. The number of anilines is 3. The lowest BCUT2D eigenvalue weighted by Crippen LogP contribution is -2.31. The number of rotatable bonds is 12. The van der Waals surface area contributed by atoms with Crippen molar-refractivity contribution in [2.75, 3.05) is 29.1 Å². The van der Waals surface area contributed by atoms with E-state index in [4.69, 9.17) is 21.1 Å². The largest absolute Gasteiger partial charge is 0.492 e. The molecule has 3 N–H and O–H groups in total. The molecule has 0 saturated carbocycles. The molecule has 0 bridgehead atoms. The van der Waals surface area contributed by atoms with Crippen LogP contribution < -0.4 is 25.4 Å².